The van der Waals surface area contributed by atoms with Crippen molar-refractivity contribution in [3.63, 3.8) is 0 Å². The predicted octanol–water partition coefficient (Wildman–Crippen LogP) is 2.16. The summed E-state index contributed by atoms with van der Waals surface area (Å²) in [5.41, 5.74) is 1.82. The van der Waals surface area contributed by atoms with Crippen LogP contribution in [-0.4, -0.2) is 32.0 Å². The van der Waals surface area contributed by atoms with Crippen LogP contribution >= 0.6 is 0 Å². The molecule has 7 heteroatoms. The van der Waals surface area contributed by atoms with Crippen LogP contribution < -0.4 is 5.32 Å². The zero-order chi connectivity index (χ0) is 17.2. The van der Waals surface area contributed by atoms with E-state index in [0.717, 1.165) is 18.4 Å². The number of hydrogen-bond acceptors (Lipinski definition) is 5. The fourth-order valence-electron chi connectivity index (χ4n) is 2.97. The molecule has 2 N–H and O–H groups in total. The van der Waals surface area contributed by atoms with Gasteiger partial charge in [0.2, 0.25) is 0 Å². The van der Waals surface area contributed by atoms with E-state index in [1.165, 1.54) is 0 Å². The minimum atomic E-state index is -0.231. The van der Waals surface area contributed by atoms with Gasteiger partial charge in [0, 0.05) is 23.9 Å². The van der Waals surface area contributed by atoms with E-state index in [1.807, 2.05) is 41.2 Å². The van der Waals surface area contributed by atoms with Crippen LogP contribution in [0.2, 0.25) is 0 Å². The molecule has 0 saturated heterocycles. The van der Waals surface area contributed by atoms with E-state index in [1.54, 1.807) is 12.1 Å². The Morgan fingerprint density at radius 3 is 2.80 bits per heavy atom. The molecule has 0 aliphatic heterocycles. The molecule has 1 aromatic carbocycles. The summed E-state index contributed by atoms with van der Waals surface area (Å²) in [6.07, 6.45) is 3.47. The highest BCUT2D eigenvalue weighted by atomic mass is 16.5. The molecular formula is C18H18N4O3. The van der Waals surface area contributed by atoms with Crippen molar-refractivity contribution in [2.24, 2.45) is 0 Å². The molecule has 0 spiro atoms. The summed E-state index contributed by atoms with van der Waals surface area (Å²) in [6, 6.07) is 13.3. The third-order valence-electron chi connectivity index (χ3n) is 4.45. The molecule has 3 aromatic rings. The highest BCUT2D eigenvalue weighted by Gasteiger charge is 2.32. The molecule has 7 nitrogen and oxygen atoms in total. The standard InChI is InChI=1S/C18H18N4O3/c23-11-13-6-7-22(20-13)15-8-14(9-15)19-18(24)16-10-17(25-21-16)12-4-2-1-3-5-12/h1-7,10,14-15,23H,8-9,11H2,(H,19,24)/t14-,15-. The lowest BCUT2D eigenvalue weighted by Crippen LogP contribution is -2.45. The maximum Gasteiger partial charge on any atom is 0.273 e. The van der Waals surface area contributed by atoms with Gasteiger partial charge in [-0.2, -0.15) is 5.10 Å². The highest BCUT2D eigenvalue weighted by Crippen LogP contribution is 2.32. The van der Waals surface area contributed by atoms with Crippen LogP contribution in [0.1, 0.15) is 35.1 Å². The predicted molar refractivity (Wildman–Crippen MR) is 89.6 cm³/mol. The summed E-state index contributed by atoms with van der Waals surface area (Å²) in [5.74, 6) is 0.344. The molecule has 2 aromatic heterocycles. The van der Waals surface area contributed by atoms with Crippen molar-refractivity contribution in [2.45, 2.75) is 31.5 Å². The molecule has 1 saturated carbocycles. The number of aromatic nitrogens is 3. The number of carbonyl (C=O) groups is 1. The Morgan fingerprint density at radius 1 is 1.28 bits per heavy atom. The van der Waals surface area contributed by atoms with Crippen molar-refractivity contribution in [3.05, 3.63) is 60.0 Å². The molecule has 1 amide bonds. The minimum Gasteiger partial charge on any atom is -0.390 e. The van der Waals surface area contributed by atoms with Gasteiger partial charge < -0.3 is 14.9 Å². The molecule has 1 aliphatic carbocycles. The van der Waals surface area contributed by atoms with Crippen LogP contribution in [0.4, 0.5) is 0 Å². The summed E-state index contributed by atoms with van der Waals surface area (Å²) >= 11 is 0. The summed E-state index contributed by atoms with van der Waals surface area (Å²) < 4.78 is 7.11. The van der Waals surface area contributed by atoms with Gasteiger partial charge in [0.25, 0.3) is 5.91 Å². The zero-order valence-electron chi connectivity index (χ0n) is 13.5. The van der Waals surface area contributed by atoms with Crippen LogP contribution in [0.25, 0.3) is 11.3 Å². The first-order valence-corrected chi connectivity index (χ1v) is 8.21. The van der Waals surface area contributed by atoms with Gasteiger partial charge in [-0.1, -0.05) is 35.5 Å². The van der Waals surface area contributed by atoms with Gasteiger partial charge in [-0.3, -0.25) is 9.48 Å². The Bertz CT molecular complexity index is 865. The van der Waals surface area contributed by atoms with E-state index in [-0.39, 0.29) is 30.3 Å². The number of rotatable bonds is 5. The molecule has 0 atom stereocenters. The molecule has 2 heterocycles. The number of hydrogen-bond donors (Lipinski definition) is 2. The summed E-state index contributed by atoms with van der Waals surface area (Å²) in [4.78, 5) is 12.3. The average Bonchev–Trinajstić information content (AvgIpc) is 3.27. The molecule has 0 bridgehead atoms. The van der Waals surface area contributed by atoms with Crippen molar-refractivity contribution in [1.82, 2.24) is 20.3 Å². The fourth-order valence-corrected chi connectivity index (χ4v) is 2.97. The Labute approximate surface area is 144 Å². The van der Waals surface area contributed by atoms with Gasteiger partial charge in [0.05, 0.1) is 18.3 Å². The molecular weight excluding hydrogens is 320 g/mol. The van der Waals surface area contributed by atoms with Gasteiger partial charge in [0.15, 0.2) is 11.5 Å². The topological polar surface area (TPSA) is 93.2 Å². The second-order valence-electron chi connectivity index (χ2n) is 6.18. The van der Waals surface area contributed by atoms with Gasteiger partial charge in [-0.15, -0.1) is 0 Å². The van der Waals surface area contributed by atoms with E-state index >= 15 is 0 Å². The Kier molecular flexibility index (Phi) is 4.07. The van der Waals surface area contributed by atoms with E-state index < -0.39 is 0 Å². The minimum absolute atomic E-state index is 0.0597. The van der Waals surface area contributed by atoms with Crippen LogP contribution in [0, 0.1) is 0 Å². The molecule has 25 heavy (non-hydrogen) atoms. The van der Waals surface area contributed by atoms with E-state index in [4.69, 9.17) is 9.63 Å². The molecule has 0 radical (unpaired) electrons. The highest BCUT2D eigenvalue weighted by molar-refractivity contribution is 5.93. The van der Waals surface area contributed by atoms with Crippen molar-refractivity contribution >= 4 is 5.91 Å². The number of aliphatic hydroxyl groups is 1. The number of benzene rings is 1. The van der Waals surface area contributed by atoms with Crippen LogP contribution in [-0.2, 0) is 6.61 Å². The molecule has 128 valence electrons. The molecule has 4 rings (SSSR count). The smallest absolute Gasteiger partial charge is 0.273 e. The van der Waals surface area contributed by atoms with Crippen LogP contribution in [0.5, 0.6) is 0 Å². The maximum atomic E-state index is 12.3. The Hall–Kier alpha value is -2.93. The number of nitrogens with zero attached hydrogens (tertiary/aromatic N) is 3. The van der Waals surface area contributed by atoms with Gasteiger partial charge in [-0.25, -0.2) is 0 Å². The van der Waals surface area contributed by atoms with E-state index in [0.29, 0.717) is 11.5 Å². The van der Waals surface area contributed by atoms with Crippen molar-refractivity contribution in [3.8, 4) is 11.3 Å². The third-order valence-corrected chi connectivity index (χ3v) is 4.45. The summed E-state index contributed by atoms with van der Waals surface area (Å²) in [6.45, 7) is -0.0597. The number of carbonyl (C=O) groups excluding carboxylic acids is 1. The van der Waals surface area contributed by atoms with Gasteiger partial charge in [0.1, 0.15) is 0 Å². The number of nitrogens with one attached hydrogen (secondary N) is 1. The SMILES string of the molecule is O=C(N[C@H]1C[C@H](n2ccc(CO)n2)C1)c1cc(-c2ccccc2)on1. The lowest BCUT2D eigenvalue weighted by molar-refractivity contribution is 0.0879. The fraction of sp³-hybridized carbons (Fsp3) is 0.278. The monoisotopic (exact) mass is 338 g/mol. The van der Waals surface area contributed by atoms with E-state index in [2.05, 4.69) is 15.6 Å². The number of amides is 1. The second-order valence-corrected chi connectivity index (χ2v) is 6.18. The summed E-state index contributed by atoms with van der Waals surface area (Å²) in [5, 5.41) is 20.2. The first-order valence-electron chi connectivity index (χ1n) is 8.21. The van der Waals surface area contributed by atoms with Crippen molar-refractivity contribution < 1.29 is 14.4 Å². The lowest BCUT2D eigenvalue weighted by atomic mass is 9.87. The van der Waals surface area contributed by atoms with Crippen LogP contribution in [0.15, 0.2) is 53.2 Å². The molecule has 0 unspecified atom stereocenters. The quantitative estimate of drug-likeness (QED) is 0.744. The first kappa shape index (κ1) is 15.6. The van der Waals surface area contributed by atoms with Gasteiger partial charge in [-0.05, 0) is 18.9 Å². The third kappa shape index (κ3) is 3.18. The first-order chi connectivity index (χ1) is 12.2. The Morgan fingerprint density at radius 2 is 2.08 bits per heavy atom. The average molecular weight is 338 g/mol. The lowest BCUT2D eigenvalue weighted by Gasteiger charge is -2.35. The van der Waals surface area contributed by atoms with Crippen molar-refractivity contribution in [1.29, 1.82) is 0 Å². The second kappa shape index (κ2) is 6.52. The Balaban J connectivity index is 1.34. The van der Waals surface area contributed by atoms with Crippen LogP contribution in [0.3, 0.4) is 0 Å². The van der Waals surface area contributed by atoms with Gasteiger partial charge >= 0.3 is 0 Å². The molecule has 1 aliphatic rings. The van der Waals surface area contributed by atoms with E-state index in [9.17, 15) is 4.79 Å². The zero-order valence-corrected chi connectivity index (χ0v) is 13.5. The molecule has 1 fully saturated rings. The summed E-state index contributed by atoms with van der Waals surface area (Å²) in [7, 11) is 0. The maximum absolute atomic E-state index is 12.3. The normalized spacial score (nSPS) is 19.4. The van der Waals surface area contributed by atoms with Crippen molar-refractivity contribution in [2.75, 3.05) is 0 Å². The largest absolute Gasteiger partial charge is 0.390 e. The number of aliphatic hydroxyl groups excluding tert-OH is 1.